The van der Waals surface area contributed by atoms with Crippen LogP contribution in [0.15, 0.2) is 35.6 Å². The summed E-state index contributed by atoms with van der Waals surface area (Å²) in [4.78, 5) is 9.88. The van der Waals surface area contributed by atoms with Gasteiger partial charge in [0, 0.05) is 31.9 Å². The zero-order valence-corrected chi connectivity index (χ0v) is 14.6. The second kappa shape index (κ2) is 6.93. The van der Waals surface area contributed by atoms with Crippen molar-refractivity contribution >= 4 is 21.5 Å². The Kier molecular flexibility index (Phi) is 4.95. The van der Waals surface area contributed by atoms with E-state index in [0.29, 0.717) is 6.07 Å². The number of hydrogen-bond acceptors (Lipinski definition) is 6. The van der Waals surface area contributed by atoms with E-state index in [2.05, 4.69) is 9.97 Å². The summed E-state index contributed by atoms with van der Waals surface area (Å²) < 4.78 is 76.8. The molecule has 1 aromatic heterocycles. The summed E-state index contributed by atoms with van der Waals surface area (Å²) in [6.45, 7) is 0.812. The highest BCUT2D eigenvalue weighted by molar-refractivity contribution is 7.89. The van der Waals surface area contributed by atoms with E-state index in [1.165, 1.54) is 11.2 Å². The summed E-state index contributed by atoms with van der Waals surface area (Å²) >= 11 is 0. The molecular weight excluding hydrogens is 390 g/mol. The van der Waals surface area contributed by atoms with Crippen LogP contribution in [0.4, 0.5) is 29.1 Å². The molecule has 2 heterocycles. The van der Waals surface area contributed by atoms with Crippen LogP contribution in [0, 0.1) is 5.82 Å². The molecular formula is C15H15F4N5O2S. The summed E-state index contributed by atoms with van der Waals surface area (Å²) in [5.74, 6) is -0.523. The molecule has 0 atom stereocenters. The Labute approximate surface area is 152 Å². The van der Waals surface area contributed by atoms with E-state index >= 15 is 0 Å². The molecule has 1 aliphatic rings. The maximum absolute atomic E-state index is 13.8. The van der Waals surface area contributed by atoms with Gasteiger partial charge in [0.15, 0.2) is 11.6 Å². The molecule has 7 nitrogen and oxygen atoms in total. The van der Waals surface area contributed by atoms with Crippen molar-refractivity contribution in [3.63, 3.8) is 0 Å². The minimum Gasteiger partial charge on any atom is -0.367 e. The molecule has 1 aliphatic heterocycles. The van der Waals surface area contributed by atoms with E-state index in [9.17, 15) is 26.0 Å². The lowest BCUT2D eigenvalue weighted by Gasteiger charge is -2.37. The molecule has 0 aliphatic carbocycles. The molecule has 0 saturated carbocycles. The van der Waals surface area contributed by atoms with Gasteiger partial charge in [0.05, 0.1) is 16.7 Å². The maximum Gasteiger partial charge on any atom is 0.418 e. The molecule has 3 rings (SSSR count). The predicted molar refractivity (Wildman–Crippen MR) is 89.2 cm³/mol. The van der Waals surface area contributed by atoms with E-state index in [0.717, 1.165) is 18.3 Å². The summed E-state index contributed by atoms with van der Waals surface area (Å²) in [6, 6.07) is 2.65. The first-order chi connectivity index (χ1) is 12.6. The second-order valence-corrected chi connectivity index (χ2v) is 7.45. The molecule has 0 unspecified atom stereocenters. The van der Waals surface area contributed by atoms with Crippen LogP contribution in [-0.4, -0.2) is 44.6 Å². The molecule has 0 amide bonds. The van der Waals surface area contributed by atoms with Crippen molar-refractivity contribution in [2.75, 3.05) is 36.0 Å². The highest BCUT2D eigenvalue weighted by Gasteiger charge is 2.36. The highest BCUT2D eigenvalue weighted by atomic mass is 32.2. The lowest BCUT2D eigenvalue weighted by molar-refractivity contribution is -0.137. The number of sulfonamides is 1. The first-order valence-electron chi connectivity index (χ1n) is 7.77. The van der Waals surface area contributed by atoms with Gasteiger partial charge in [-0.25, -0.2) is 27.9 Å². The number of nitrogens with zero attached hydrogens (tertiary/aromatic N) is 4. The normalized spacial score (nSPS) is 15.9. The third-order valence-corrected chi connectivity index (χ3v) is 5.08. The fraction of sp³-hybridized carbons (Fsp3) is 0.333. The highest BCUT2D eigenvalue weighted by Crippen LogP contribution is 2.38. The third-order valence-electron chi connectivity index (χ3n) is 4.17. The van der Waals surface area contributed by atoms with Gasteiger partial charge >= 0.3 is 6.18 Å². The number of nitrogens with two attached hydrogens (primary N) is 1. The minimum absolute atomic E-state index is 0.0882. The zero-order valence-electron chi connectivity index (χ0n) is 13.8. The lowest BCUT2D eigenvalue weighted by Crippen LogP contribution is -2.47. The maximum atomic E-state index is 13.8. The van der Waals surface area contributed by atoms with Crippen LogP contribution in [0.3, 0.4) is 0 Å². The Morgan fingerprint density at radius 2 is 1.70 bits per heavy atom. The van der Waals surface area contributed by atoms with Gasteiger partial charge in [-0.05, 0) is 18.2 Å². The average Bonchev–Trinajstić information content (AvgIpc) is 2.60. The van der Waals surface area contributed by atoms with Crippen LogP contribution < -0.4 is 14.9 Å². The standard InChI is InChI=1S/C15H15F4N5O2S/c16-12-8-21-9-22-14(12)24-5-3-23(4-6-24)13-2-1-10(27(20,25)26)7-11(13)15(17,18)19/h1-2,7-9H,3-6H2,(H2,20,25,26). The largest absolute Gasteiger partial charge is 0.418 e. The third kappa shape index (κ3) is 4.11. The number of rotatable bonds is 3. The SMILES string of the molecule is NS(=O)(=O)c1ccc(N2CCN(c3ncncc3F)CC2)c(C(F)(F)F)c1. The molecule has 27 heavy (non-hydrogen) atoms. The second-order valence-electron chi connectivity index (χ2n) is 5.89. The van der Waals surface area contributed by atoms with E-state index < -0.39 is 32.5 Å². The van der Waals surface area contributed by atoms with Crippen LogP contribution in [0.2, 0.25) is 0 Å². The van der Waals surface area contributed by atoms with Gasteiger partial charge in [0.25, 0.3) is 0 Å². The van der Waals surface area contributed by atoms with Gasteiger partial charge in [0.1, 0.15) is 6.33 Å². The predicted octanol–water partition coefficient (Wildman–Crippen LogP) is 1.61. The van der Waals surface area contributed by atoms with Crippen LogP contribution in [0.1, 0.15) is 5.56 Å². The Morgan fingerprint density at radius 1 is 1.07 bits per heavy atom. The van der Waals surface area contributed by atoms with Gasteiger partial charge in [-0.3, -0.25) is 0 Å². The van der Waals surface area contributed by atoms with Gasteiger partial charge < -0.3 is 9.80 Å². The molecule has 1 saturated heterocycles. The first kappa shape index (κ1) is 19.3. The number of halogens is 4. The van der Waals surface area contributed by atoms with E-state index in [-0.39, 0.29) is 37.7 Å². The Bertz CT molecular complexity index is 943. The molecule has 2 N–H and O–H groups in total. The first-order valence-corrected chi connectivity index (χ1v) is 9.31. The number of aromatic nitrogens is 2. The molecule has 0 spiro atoms. The fourth-order valence-corrected chi connectivity index (χ4v) is 3.43. The van der Waals surface area contributed by atoms with Crippen molar-refractivity contribution in [2.45, 2.75) is 11.1 Å². The number of alkyl halides is 3. The van der Waals surface area contributed by atoms with Crippen molar-refractivity contribution < 1.29 is 26.0 Å². The molecule has 0 radical (unpaired) electrons. The van der Waals surface area contributed by atoms with Crippen LogP contribution in [-0.2, 0) is 16.2 Å². The number of primary sulfonamides is 1. The van der Waals surface area contributed by atoms with Gasteiger partial charge in [-0.1, -0.05) is 0 Å². The van der Waals surface area contributed by atoms with Gasteiger partial charge in [-0.2, -0.15) is 13.2 Å². The smallest absolute Gasteiger partial charge is 0.367 e. The quantitative estimate of drug-likeness (QED) is 0.780. The van der Waals surface area contributed by atoms with Crippen molar-refractivity contribution in [2.24, 2.45) is 5.14 Å². The molecule has 1 fully saturated rings. The number of benzene rings is 1. The summed E-state index contributed by atoms with van der Waals surface area (Å²) in [6.07, 6.45) is -2.55. The Morgan fingerprint density at radius 3 is 2.26 bits per heavy atom. The van der Waals surface area contributed by atoms with Crippen molar-refractivity contribution in [3.8, 4) is 0 Å². The van der Waals surface area contributed by atoms with E-state index in [1.54, 1.807) is 4.90 Å². The van der Waals surface area contributed by atoms with Crippen molar-refractivity contribution in [1.82, 2.24) is 9.97 Å². The van der Waals surface area contributed by atoms with Crippen LogP contribution in [0.25, 0.3) is 0 Å². The van der Waals surface area contributed by atoms with Crippen molar-refractivity contribution in [3.05, 3.63) is 42.1 Å². The molecule has 2 aromatic rings. The monoisotopic (exact) mass is 405 g/mol. The number of anilines is 2. The topological polar surface area (TPSA) is 92.4 Å². The van der Waals surface area contributed by atoms with Crippen LogP contribution in [0.5, 0.6) is 0 Å². The molecule has 12 heteroatoms. The molecule has 1 aromatic carbocycles. The van der Waals surface area contributed by atoms with E-state index in [4.69, 9.17) is 5.14 Å². The van der Waals surface area contributed by atoms with Gasteiger partial charge in [0.2, 0.25) is 10.0 Å². The molecule has 0 bridgehead atoms. The Balaban J connectivity index is 1.87. The number of hydrogen-bond donors (Lipinski definition) is 1. The average molecular weight is 405 g/mol. The van der Waals surface area contributed by atoms with E-state index in [1.807, 2.05) is 0 Å². The van der Waals surface area contributed by atoms with Crippen LogP contribution >= 0.6 is 0 Å². The summed E-state index contributed by atoms with van der Waals surface area (Å²) in [5, 5.41) is 4.93. The van der Waals surface area contributed by atoms with Crippen molar-refractivity contribution in [1.29, 1.82) is 0 Å². The Hall–Kier alpha value is -2.47. The minimum atomic E-state index is -4.76. The summed E-state index contributed by atoms with van der Waals surface area (Å²) in [7, 11) is -4.27. The number of piperazine rings is 1. The van der Waals surface area contributed by atoms with Gasteiger partial charge in [-0.15, -0.1) is 0 Å². The molecule has 146 valence electrons. The lowest BCUT2D eigenvalue weighted by atomic mass is 10.1. The fourth-order valence-electron chi connectivity index (χ4n) is 2.89. The summed E-state index contributed by atoms with van der Waals surface area (Å²) in [5.41, 5.74) is -1.24. The zero-order chi connectivity index (χ0) is 19.8.